The largest absolute Gasteiger partial charge is 0.597 e. The van der Waals surface area contributed by atoms with E-state index in [1.807, 2.05) is 0 Å². The van der Waals surface area contributed by atoms with Crippen LogP contribution in [-0.4, -0.2) is 18.5 Å². The maximum atomic E-state index is 11.6. The SMILES string of the molecule is C#[N+]C(=O)NC[C@@H](CCCCC)CC(CCCCC)C(N)=O. The van der Waals surface area contributed by atoms with Gasteiger partial charge in [0, 0.05) is 5.92 Å². The third-order valence-corrected chi connectivity index (χ3v) is 4.05. The molecule has 5 heteroatoms. The van der Waals surface area contributed by atoms with E-state index in [1.165, 1.54) is 0 Å². The number of hydrogen-bond donors (Lipinski definition) is 2. The first kappa shape index (κ1) is 20.4. The summed E-state index contributed by atoms with van der Waals surface area (Å²) in [5.41, 5.74) is 5.54. The number of nitrogens with zero attached hydrogens (tertiary/aromatic N) is 1. The van der Waals surface area contributed by atoms with E-state index in [9.17, 15) is 9.59 Å². The molecular weight excluding hydrogens is 278 g/mol. The zero-order valence-corrected chi connectivity index (χ0v) is 14.1. The predicted octanol–water partition coefficient (Wildman–Crippen LogP) is 3.93. The Kier molecular flexibility index (Phi) is 12.2. The summed E-state index contributed by atoms with van der Waals surface area (Å²) in [4.78, 5) is 25.9. The van der Waals surface area contributed by atoms with Crippen LogP contribution in [0.15, 0.2) is 0 Å². The Balaban J connectivity index is 4.49. The quantitative estimate of drug-likeness (QED) is 0.506. The van der Waals surface area contributed by atoms with Crippen molar-refractivity contribution in [1.82, 2.24) is 5.32 Å². The summed E-state index contributed by atoms with van der Waals surface area (Å²) in [6.07, 6.45) is 9.21. The average Bonchev–Trinajstić information content (AvgIpc) is 2.50. The molecule has 5 nitrogen and oxygen atoms in total. The molecule has 2 atom stereocenters. The lowest BCUT2D eigenvalue weighted by Gasteiger charge is -2.20. The van der Waals surface area contributed by atoms with Gasteiger partial charge in [0.2, 0.25) is 5.91 Å². The first-order chi connectivity index (χ1) is 10.5. The average molecular weight is 310 g/mol. The molecule has 3 N–H and O–H groups in total. The molecule has 0 aromatic rings. The summed E-state index contributed by atoms with van der Waals surface area (Å²) < 4.78 is 0. The molecule has 0 aliphatic carbocycles. The number of hydrogen-bond acceptors (Lipinski definition) is 2. The molecule has 0 bridgehead atoms. The molecule has 0 spiro atoms. The van der Waals surface area contributed by atoms with Gasteiger partial charge in [-0.1, -0.05) is 52.4 Å². The minimum Gasteiger partial charge on any atom is -0.369 e. The van der Waals surface area contributed by atoms with E-state index in [0.717, 1.165) is 57.8 Å². The summed E-state index contributed by atoms with van der Waals surface area (Å²) in [5, 5.41) is 2.69. The van der Waals surface area contributed by atoms with Crippen molar-refractivity contribution in [2.45, 2.75) is 71.6 Å². The zero-order chi connectivity index (χ0) is 16.8. The van der Waals surface area contributed by atoms with Gasteiger partial charge < -0.3 is 5.73 Å². The fraction of sp³-hybridized carbons (Fsp3) is 0.824. The number of urea groups is 1. The molecule has 0 saturated heterocycles. The molecule has 0 heterocycles. The van der Waals surface area contributed by atoms with Gasteiger partial charge in [-0.2, -0.15) is 4.79 Å². The van der Waals surface area contributed by atoms with Crippen LogP contribution in [-0.2, 0) is 4.79 Å². The van der Waals surface area contributed by atoms with Crippen LogP contribution in [0.1, 0.15) is 71.6 Å². The van der Waals surface area contributed by atoms with Crippen molar-refractivity contribution in [3.8, 4) is 6.57 Å². The molecular formula is C17H32N3O2+. The van der Waals surface area contributed by atoms with Crippen molar-refractivity contribution >= 4 is 11.9 Å². The van der Waals surface area contributed by atoms with Gasteiger partial charge >= 0.3 is 6.03 Å². The number of carbonyl (C=O) groups excluding carboxylic acids is 2. The lowest BCUT2D eigenvalue weighted by Crippen LogP contribution is -2.31. The molecule has 0 rings (SSSR count). The highest BCUT2D eigenvalue weighted by Gasteiger charge is 2.23. The van der Waals surface area contributed by atoms with Crippen molar-refractivity contribution in [3.05, 3.63) is 4.85 Å². The molecule has 0 aromatic carbocycles. The third kappa shape index (κ3) is 10.2. The maximum Gasteiger partial charge on any atom is 0.597 e. The Bertz CT molecular complexity index is 363. The van der Waals surface area contributed by atoms with Crippen LogP contribution >= 0.6 is 0 Å². The van der Waals surface area contributed by atoms with Crippen molar-refractivity contribution in [2.24, 2.45) is 17.6 Å². The fourth-order valence-corrected chi connectivity index (χ4v) is 2.68. The van der Waals surface area contributed by atoms with Gasteiger partial charge in [-0.05, 0) is 25.2 Å². The smallest absolute Gasteiger partial charge is 0.369 e. The molecule has 3 amide bonds. The van der Waals surface area contributed by atoms with Crippen LogP contribution in [0.25, 0.3) is 4.85 Å². The number of unbranched alkanes of at least 4 members (excludes halogenated alkanes) is 4. The number of rotatable bonds is 13. The minimum atomic E-state index is -0.512. The molecule has 0 fully saturated rings. The number of nitrogens with one attached hydrogen (secondary N) is 1. The van der Waals surface area contributed by atoms with Crippen LogP contribution in [0, 0.1) is 18.4 Å². The standard InChI is InChI=1S/C17H31N3O2/c1-4-6-8-10-14(13-20-17(22)19-3)12-15(16(18)21)11-9-7-5-2/h3,14-15H,4-13H2,1-2H3,(H2-,18,20,21,22)/p+1/t14-,15?/m0/s1. The summed E-state index contributed by atoms with van der Waals surface area (Å²) in [5.74, 6) is -0.0901. The lowest BCUT2D eigenvalue weighted by molar-refractivity contribution is -0.122. The maximum absolute atomic E-state index is 11.6. The van der Waals surface area contributed by atoms with Crippen molar-refractivity contribution in [3.63, 3.8) is 0 Å². The Hall–Kier alpha value is -1.57. The van der Waals surface area contributed by atoms with Gasteiger partial charge in [0.05, 0.1) is 6.54 Å². The zero-order valence-electron chi connectivity index (χ0n) is 14.1. The first-order valence-electron chi connectivity index (χ1n) is 8.53. The summed E-state index contributed by atoms with van der Waals surface area (Å²) >= 11 is 0. The van der Waals surface area contributed by atoms with Crippen LogP contribution in [0.5, 0.6) is 0 Å². The highest BCUT2D eigenvalue weighted by molar-refractivity contribution is 5.84. The lowest BCUT2D eigenvalue weighted by atomic mass is 9.86. The monoisotopic (exact) mass is 310 g/mol. The van der Waals surface area contributed by atoms with Crippen molar-refractivity contribution in [2.75, 3.05) is 6.54 Å². The molecule has 0 aliphatic rings. The summed E-state index contributed by atoms with van der Waals surface area (Å²) in [7, 11) is 0. The van der Waals surface area contributed by atoms with Crippen LogP contribution in [0.2, 0.25) is 0 Å². The predicted molar refractivity (Wildman–Crippen MR) is 90.8 cm³/mol. The fourth-order valence-electron chi connectivity index (χ4n) is 2.68. The molecule has 126 valence electrons. The van der Waals surface area contributed by atoms with Crippen molar-refractivity contribution in [1.29, 1.82) is 0 Å². The van der Waals surface area contributed by atoms with E-state index in [4.69, 9.17) is 12.3 Å². The highest BCUT2D eigenvalue weighted by Crippen LogP contribution is 2.23. The number of nitrogens with two attached hydrogens (primary N) is 1. The van der Waals surface area contributed by atoms with Gasteiger partial charge in [-0.25, -0.2) is 5.32 Å². The molecule has 22 heavy (non-hydrogen) atoms. The summed E-state index contributed by atoms with van der Waals surface area (Å²) in [6, 6.07) is -0.512. The highest BCUT2D eigenvalue weighted by atomic mass is 16.2. The number of carbonyl (C=O) groups is 2. The second kappa shape index (κ2) is 13.1. The van der Waals surface area contributed by atoms with E-state index < -0.39 is 6.03 Å². The van der Waals surface area contributed by atoms with E-state index >= 15 is 0 Å². The Labute approximate surface area is 134 Å². The van der Waals surface area contributed by atoms with Gasteiger partial charge in [-0.15, -0.1) is 4.85 Å². The summed E-state index contributed by atoms with van der Waals surface area (Å²) in [6.45, 7) is 9.74. The second-order valence-electron chi connectivity index (χ2n) is 6.01. The van der Waals surface area contributed by atoms with Gasteiger partial charge in [-0.3, -0.25) is 4.79 Å². The Morgan fingerprint density at radius 2 is 1.68 bits per heavy atom. The number of primary amides is 1. The molecule has 0 aromatic heterocycles. The molecule has 0 radical (unpaired) electrons. The molecule has 0 saturated carbocycles. The second-order valence-corrected chi connectivity index (χ2v) is 6.01. The van der Waals surface area contributed by atoms with Gasteiger partial charge in [0.25, 0.3) is 0 Å². The van der Waals surface area contributed by atoms with Crippen molar-refractivity contribution < 1.29 is 9.59 Å². The van der Waals surface area contributed by atoms with E-state index in [-0.39, 0.29) is 17.7 Å². The Morgan fingerprint density at radius 1 is 1.09 bits per heavy atom. The molecule has 1 unspecified atom stereocenters. The number of amides is 3. The topological polar surface area (TPSA) is 76.6 Å². The van der Waals surface area contributed by atoms with Crippen LogP contribution in [0.3, 0.4) is 0 Å². The third-order valence-electron chi connectivity index (χ3n) is 4.05. The van der Waals surface area contributed by atoms with E-state index in [1.54, 1.807) is 0 Å². The van der Waals surface area contributed by atoms with Crippen LogP contribution < -0.4 is 11.1 Å². The van der Waals surface area contributed by atoms with Crippen LogP contribution in [0.4, 0.5) is 4.79 Å². The van der Waals surface area contributed by atoms with E-state index in [0.29, 0.717) is 6.54 Å². The van der Waals surface area contributed by atoms with Gasteiger partial charge in [0.1, 0.15) is 6.57 Å². The first-order valence-corrected chi connectivity index (χ1v) is 8.53. The Morgan fingerprint density at radius 3 is 2.18 bits per heavy atom. The molecule has 0 aliphatic heterocycles. The minimum absolute atomic E-state index is 0.107. The van der Waals surface area contributed by atoms with E-state index in [2.05, 4.69) is 24.0 Å². The normalized spacial score (nSPS) is 13.1. The van der Waals surface area contributed by atoms with Gasteiger partial charge in [0.15, 0.2) is 0 Å².